The van der Waals surface area contributed by atoms with Crippen molar-refractivity contribution in [2.45, 2.75) is 31.4 Å². The predicted octanol–water partition coefficient (Wildman–Crippen LogP) is 2.82. The van der Waals surface area contributed by atoms with Crippen molar-refractivity contribution in [2.75, 3.05) is 18.2 Å². The van der Waals surface area contributed by atoms with Gasteiger partial charge in [-0.25, -0.2) is 4.79 Å². The highest BCUT2D eigenvalue weighted by molar-refractivity contribution is 7.99. The zero-order valence-corrected chi connectivity index (χ0v) is 17.1. The Morgan fingerprint density at radius 2 is 2.00 bits per heavy atom. The molecule has 2 amide bonds. The Morgan fingerprint density at radius 3 is 2.66 bits per heavy atom. The highest BCUT2D eigenvalue weighted by Crippen LogP contribution is 2.41. The summed E-state index contributed by atoms with van der Waals surface area (Å²) in [7, 11) is 1.50. The van der Waals surface area contributed by atoms with E-state index >= 15 is 0 Å². The summed E-state index contributed by atoms with van der Waals surface area (Å²) >= 11 is 1.41. The Morgan fingerprint density at radius 1 is 1.24 bits per heavy atom. The number of hydrogen-bond donors (Lipinski definition) is 1. The maximum Gasteiger partial charge on any atom is 0.330 e. The van der Waals surface area contributed by atoms with Crippen LogP contribution in [0.2, 0.25) is 0 Å². The molecule has 0 saturated carbocycles. The number of furan rings is 1. The second-order valence-corrected chi connectivity index (χ2v) is 7.53. The first-order valence-corrected chi connectivity index (χ1v) is 10.1. The molecule has 3 rings (SSSR count). The highest BCUT2D eigenvalue weighted by Gasteiger charge is 2.43. The minimum Gasteiger partial charge on any atom is -0.495 e. The van der Waals surface area contributed by atoms with E-state index in [1.807, 2.05) is 0 Å². The SMILES string of the molecule is COc1ccccc1NC(=O)[C@H](C)OC(=O)[C@@H]1CS[C@H](c2ccco2)N1C(C)=O. The molecule has 3 atom stereocenters. The standard InChI is InChI=1S/C20H22N2O6S/c1-12(18(24)21-14-7-4-5-8-16(14)26-3)28-20(25)15-11-29-19(22(15)13(2)23)17-9-6-10-27-17/h4-10,12,15,19H,11H2,1-3H3,(H,21,24)/t12-,15-,19+/m0/s1. The highest BCUT2D eigenvalue weighted by atomic mass is 32.2. The summed E-state index contributed by atoms with van der Waals surface area (Å²) < 4.78 is 15.9. The Balaban J connectivity index is 1.65. The van der Waals surface area contributed by atoms with Crippen molar-refractivity contribution in [1.29, 1.82) is 0 Å². The molecule has 1 saturated heterocycles. The van der Waals surface area contributed by atoms with Crippen molar-refractivity contribution in [1.82, 2.24) is 4.90 Å². The van der Waals surface area contributed by atoms with Gasteiger partial charge in [-0.1, -0.05) is 12.1 Å². The molecule has 1 N–H and O–H groups in total. The molecule has 2 heterocycles. The number of esters is 1. The monoisotopic (exact) mass is 418 g/mol. The Hall–Kier alpha value is -2.94. The molecule has 0 spiro atoms. The smallest absolute Gasteiger partial charge is 0.330 e. The molecule has 1 aromatic carbocycles. The number of para-hydroxylation sites is 2. The molecule has 0 bridgehead atoms. The summed E-state index contributed by atoms with van der Waals surface area (Å²) in [4.78, 5) is 38.7. The first kappa shape index (κ1) is 20.8. The lowest BCUT2D eigenvalue weighted by atomic mass is 10.2. The fourth-order valence-corrected chi connectivity index (χ4v) is 4.43. The third kappa shape index (κ3) is 4.56. The summed E-state index contributed by atoms with van der Waals surface area (Å²) in [5, 5.41) is 2.28. The van der Waals surface area contributed by atoms with E-state index in [1.54, 1.807) is 36.4 Å². The summed E-state index contributed by atoms with van der Waals surface area (Å²) in [5.41, 5.74) is 0.475. The van der Waals surface area contributed by atoms with Gasteiger partial charge in [0.25, 0.3) is 5.91 Å². The lowest BCUT2D eigenvalue weighted by Crippen LogP contribution is -2.44. The number of nitrogens with zero attached hydrogens (tertiary/aromatic N) is 1. The van der Waals surface area contributed by atoms with Gasteiger partial charge in [0.05, 0.1) is 19.1 Å². The van der Waals surface area contributed by atoms with Gasteiger partial charge in [-0.15, -0.1) is 11.8 Å². The molecule has 1 aliphatic heterocycles. The summed E-state index contributed by atoms with van der Waals surface area (Å²) in [6.45, 7) is 2.87. The van der Waals surface area contributed by atoms with Crippen molar-refractivity contribution in [3.05, 3.63) is 48.4 Å². The van der Waals surface area contributed by atoms with Crippen molar-refractivity contribution in [3.63, 3.8) is 0 Å². The molecular formula is C20H22N2O6S. The Bertz CT molecular complexity index is 885. The molecule has 9 heteroatoms. The van der Waals surface area contributed by atoms with Crippen LogP contribution in [0, 0.1) is 0 Å². The molecule has 154 valence electrons. The van der Waals surface area contributed by atoms with Crippen molar-refractivity contribution in [3.8, 4) is 5.75 Å². The number of methoxy groups -OCH3 is 1. The molecule has 1 aromatic heterocycles. The van der Waals surface area contributed by atoms with Gasteiger partial charge < -0.3 is 24.1 Å². The van der Waals surface area contributed by atoms with Gasteiger partial charge >= 0.3 is 5.97 Å². The molecule has 1 fully saturated rings. The fourth-order valence-electron chi connectivity index (χ4n) is 3.01. The van der Waals surface area contributed by atoms with Crippen LogP contribution in [0.4, 0.5) is 5.69 Å². The van der Waals surface area contributed by atoms with E-state index < -0.39 is 29.4 Å². The molecule has 0 aliphatic carbocycles. The van der Waals surface area contributed by atoms with Crippen LogP contribution in [0.15, 0.2) is 47.1 Å². The lowest BCUT2D eigenvalue weighted by molar-refractivity contribution is -0.160. The first-order chi connectivity index (χ1) is 13.9. The zero-order valence-electron chi connectivity index (χ0n) is 16.3. The van der Waals surface area contributed by atoms with E-state index in [1.165, 1.54) is 43.9 Å². The normalized spacial score (nSPS) is 19.5. The number of rotatable bonds is 6. The van der Waals surface area contributed by atoms with Crippen LogP contribution in [0.3, 0.4) is 0 Å². The number of ether oxygens (including phenoxy) is 2. The number of hydrogen-bond acceptors (Lipinski definition) is 7. The zero-order chi connectivity index (χ0) is 21.0. The second-order valence-electron chi connectivity index (χ2n) is 6.41. The number of carbonyl (C=O) groups is 3. The minimum atomic E-state index is -1.05. The van der Waals surface area contributed by atoms with Crippen LogP contribution in [-0.4, -0.2) is 47.7 Å². The summed E-state index contributed by atoms with van der Waals surface area (Å²) in [5.74, 6) is 0.0300. The maximum atomic E-state index is 12.7. The van der Waals surface area contributed by atoms with E-state index in [4.69, 9.17) is 13.9 Å². The third-order valence-corrected chi connectivity index (χ3v) is 5.73. The van der Waals surface area contributed by atoms with E-state index in [9.17, 15) is 14.4 Å². The summed E-state index contributed by atoms with van der Waals surface area (Å²) in [6.07, 6.45) is 0.471. The van der Waals surface area contributed by atoms with Crippen LogP contribution >= 0.6 is 11.8 Å². The Labute approximate surface area is 172 Å². The number of nitrogens with one attached hydrogen (secondary N) is 1. The number of anilines is 1. The third-order valence-electron chi connectivity index (χ3n) is 4.45. The van der Waals surface area contributed by atoms with Gasteiger partial charge in [0.2, 0.25) is 5.91 Å². The van der Waals surface area contributed by atoms with E-state index in [0.29, 0.717) is 22.9 Å². The maximum absolute atomic E-state index is 12.7. The van der Waals surface area contributed by atoms with E-state index in [-0.39, 0.29) is 5.91 Å². The van der Waals surface area contributed by atoms with Crippen LogP contribution in [0.25, 0.3) is 0 Å². The summed E-state index contributed by atoms with van der Waals surface area (Å²) in [6, 6.07) is 9.61. The molecule has 0 radical (unpaired) electrons. The predicted molar refractivity (Wildman–Crippen MR) is 107 cm³/mol. The second kappa shape index (κ2) is 9.04. The number of thioether (sulfide) groups is 1. The number of carbonyl (C=O) groups excluding carboxylic acids is 3. The average molecular weight is 418 g/mol. The first-order valence-electron chi connectivity index (χ1n) is 9.00. The van der Waals surface area contributed by atoms with Gasteiger partial charge in [0.15, 0.2) is 6.10 Å². The quantitative estimate of drug-likeness (QED) is 0.720. The van der Waals surface area contributed by atoms with Gasteiger partial charge in [0.1, 0.15) is 22.9 Å². The van der Waals surface area contributed by atoms with Crippen LogP contribution in [0.1, 0.15) is 25.0 Å². The Kier molecular flexibility index (Phi) is 6.48. The van der Waals surface area contributed by atoms with Crippen molar-refractivity contribution in [2.24, 2.45) is 0 Å². The molecule has 29 heavy (non-hydrogen) atoms. The van der Waals surface area contributed by atoms with Crippen molar-refractivity contribution < 1.29 is 28.3 Å². The molecule has 0 unspecified atom stereocenters. The largest absolute Gasteiger partial charge is 0.495 e. The molecular weight excluding hydrogens is 396 g/mol. The van der Waals surface area contributed by atoms with Crippen molar-refractivity contribution >= 4 is 35.2 Å². The van der Waals surface area contributed by atoms with Gasteiger partial charge in [0, 0.05) is 12.7 Å². The minimum absolute atomic E-state index is 0.274. The average Bonchev–Trinajstić information content (AvgIpc) is 3.37. The van der Waals surface area contributed by atoms with Gasteiger partial charge in [-0.3, -0.25) is 9.59 Å². The lowest BCUT2D eigenvalue weighted by Gasteiger charge is -2.26. The van der Waals surface area contributed by atoms with Crippen LogP contribution in [0.5, 0.6) is 5.75 Å². The number of amides is 2. The molecule has 8 nitrogen and oxygen atoms in total. The van der Waals surface area contributed by atoms with Crippen LogP contribution < -0.4 is 10.1 Å². The van der Waals surface area contributed by atoms with E-state index in [0.717, 1.165) is 0 Å². The number of benzene rings is 1. The van der Waals surface area contributed by atoms with E-state index in [2.05, 4.69) is 5.32 Å². The molecule has 1 aliphatic rings. The fraction of sp³-hybridized carbons (Fsp3) is 0.350. The molecule has 2 aromatic rings. The van der Waals surface area contributed by atoms with Gasteiger partial charge in [-0.05, 0) is 31.2 Å². The topological polar surface area (TPSA) is 98.1 Å². The van der Waals surface area contributed by atoms with Crippen LogP contribution in [-0.2, 0) is 19.1 Å². The van der Waals surface area contributed by atoms with Gasteiger partial charge in [-0.2, -0.15) is 0 Å².